The zero-order valence-electron chi connectivity index (χ0n) is 11.1. The van der Waals surface area contributed by atoms with E-state index in [0.717, 1.165) is 5.56 Å². The minimum Gasteiger partial charge on any atom is -0.545 e. The molecular weight excluding hydrogens is 390 g/mol. The van der Waals surface area contributed by atoms with E-state index in [9.17, 15) is 14.3 Å². The van der Waals surface area contributed by atoms with Crippen LogP contribution in [0.5, 0.6) is 11.5 Å². The maximum atomic E-state index is 12.8. The lowest BCUT2D eigenvalue weighted by molar-refractivity contribution is -0.255. The van der Waals surface area contributed by atoms with Crippen LogP contribution in [0.4, 0.5) is 4.39 Å². The van der Waals surface area contributed by atoms with Gasteiger partial charge in [0.2, 0.25) is 0 Å². The van der Waals surface area contributed by atoms with Crippen molar-refractivity contribution in [3.8, 4) is 11.5 Å². The van der Waals surface area contributed by atoms with E-state index in [1.54, 1.807) is 12.1 Å². The Kier molecular flexibility index (Phi) is 5.00. The summed E-state index contributed by atoms with van der Waals surface area (Å²) in [6.07, 6.45) is 0. The maximum absolute atomic E-state index is 12.8. The van der Waals surface area contributed by atoms with Gasteiger partial charge in [0.25, 0.3) is 0 Å². The van der Waals surface area contributed by atoms with Gasteiger partial charge in [0.15, 0.2) is 11.5 Å². The fourth-order valence-electron chi connectivity index (χ4n) is 1.71. The summed E-state index contributed by atoms with van der Waals surface area (Å²) in [7, 11) is 1.43. The number of hydrogen-bond donors (Lipinski definition) is 0. The van der Waals surface area contributed by atoms with Crippen LogP contribution in [0.1, 0.15) is 15.9 Å². The van der Waals surface area contributed by atoms with E-state index in [-0.39, 0.29) is 18.0 Å². The Bertz CT molecular complexity index is 655. The summed E-state index contributed by atoms with van der Waals surface area (Å²) in [6.45, 7) is 0.220. The first-order valence-electron chi connectivity index (χ1n) is 5.97. The molecule has 0 saturated carbocycles. The van der Waals surface area contributed by atoms with E-state index in [4.69, 9.17) is 9.47 Å². The van der Waals surface area contributed by atoms with Gasteiger partial charge in [-0.3, -0.25) is 0 Å². The third-order valence-electron chi connectivity index (χ3n) is 2.76. The van der Waals surface area contributed by atoms with Crippen LogP contribution in [-0.2, 0) is 6.61 Å². The van der Waals surface area contributed by atoms with Gasteiger partial charge in [-0.25, -0.2) is 4.39 Å². The van der Waals surface area contributed by atoms with Crippen LogP contribution in [0.25, 0.3) is 0 Å². The molecule has 4 nitrogen and oxygen atoms in total. The number of carbonyl (C=O) groups is 1. The zero-order chi connectivity index (χ0) is 15.4. The van der Waals surface area contributed by atoms with Crippen LogP contribution in [0.15, 0.2) is 36.4 Å². The Morgan fingerprint density at radius 1 is 1.29 bits per heavy atom. The van der Waals surface area contributed by atoms with Crippen LogP contribution >= 0.6 is 22.6 Å². The van der Waals surface area contributed by atoms with Gasteiger partial charge in [0, 0.05) is 5.56 Å². The second kappa shape index (κ2) is 6.75. The molecule has 0 atom stereocenters. The number of hydrogen-bond acceptors (Lipinski definition) is 4. The summed E-state index contributed by atoms with van der Waals surface area (Å²) in [6, 6.07) is 8.71. The third kappa shape index (κ3) is 3.84. The number of halogens is 2. The molecule has 0 amide bonds. The Morgan fingerprint density at radius 2 is 1.95 bits per heavy atom. The average Bonchev–Trinajstić information content (AvgIpc) is 2.46. The largest absolute Gasteiger partial charge is 0.545 e. The fourth-order valence-corrected chi connectivity index (χ4v) is 2.47. The molecule has 2 rings (SSSR count). The number of aromatic carboxylic acids is 1. The van der Waals surface area contributed by atoms with Crippen molar-refractivity contribution in [2.24, 2.45) is 0 Å². The Labute approximate surface area is 134 Å². The molecule has 2 aromatic rings. The van der Waals surface area contributed by atoms with Gasteiger partial charge in [-0.2, -0.15) is 0 Å². The summed E-state index contributed by atoms with van der Waals surface area (Å²) >= 11 is 1.96. The number of benzene rings is 2. The smallest absolute Gasteiger partial charge is 0.174 e. The number of ether oxygens (including phenoxy) is 2. The molecule has 2 aromatic carbocycles. The Balaban J connectivity index is 2.23. The van der Waals surface area contributed by atoms with E-state index < -0.39 is 5.97 Å². The van der Waals surface area contributed by atoms with Gasteiger partial charge in [-0.05, 0) is 52.4 Å². The molecule has 0 spiro atoms. The van der Waals surface area contributed by atoms with Gasteiger partial charge in [-0.15, -0.1) is 0 Å². The topological polar surface area (TPSA) is 58.6 Å². The van der Waals surface area contributed by atoms with E-state index in [2.05, 4.69) is 0 Å². The lowest BCUT2D eigenvalue weighted by Gasteiger charge is -2.15. The minimum atomic E-state index is -1.28. The summed E-state index contributed by atoms with van der Waals surface area (Å²) in [5.41, 5.74) is 0.809. The number of carboxylic acids is 1. The second-order valence-electron chi connectivity index (χ2n) is 4.19. The number of carbonyl (C=O) groups excluding carboxylic acids is 1. The molecular formula is C15H11FIO4-. The Hall–Kier alpha value is -1.83. The van der Waals surface area contributed by atoms with Crippen molar-refractivity contribution in [3.63, 3.8) is 0 Å². The first-order valence-corrected chi connectivity index (χ1v) is 7.05. The third-order valence-corrected chi connectivity index (χ3v) is 3.56. The maximum Gasteiger partial charge on any atom is 0.174 e. The first kappa shape index (κ1) is 15.6. The molecule has 0 N–H and O–H groups in total. The first-order chi connectivity index (χ1) is 10.0. The molecule has 0 unspecified atom stereocenters. The minimum absolute atomic E-state index is 0.0189. The highest BCUT2D eigenvalue weighted by Crippen LogP contribution is 2.34. The van der Waals surface area contributed by atoms with Crippen LogP contribution in [0.2, 0.25) is 0 Å². The molecule has 6 heteroatoms. The second-order valence-corrected chi connectivity index (χ2v) is 5.35. The highest BCUT2D eigenvalue weighted by atomic mass is 127. The lowest BCUT2D eigenvalue weighted by atomic mass is 10.2. The summed E-state index contributed by atoms with van der Waals surface area (Å²) < 4.78 is 24.2. The highest BCUT2D eigenvalue weighted by Gasteiger charge is 2.12. The lowest BCUT2D eigenvalue weighted by Crippen LogP contribution is -2.22. The predicted octanol–water partition coefficient (Wildman–Crippen LogP) is 2.38. The van der Waals surface area contributed by atoms with Crippen LogP contribution < -0.4 is 14.6 Å². The molecule has 0 saturated heterocycles. The normalized spacial score (nSPS) is 10.2. The number of rotatable bonds is 5. The van der Waals surface area contributed by atoms with Gasteiger partial charge in [-0.1, -0.05) is 12.1 Å². The van der Waals surface area contributed by atoms with Crippen molar-refractivity contribution < 1.29 is 23.8 Å². The monoisotopic (exact) mass is 401 g/mol. The molecule has 0 aliphatic rings. The molecule has 0 bridgehead atoms. The summed E-state index contributed by atoms with van der Waals surface area (Å²) in [5.74, 6) is -0.851. The molecule has 0 aromatic heterocycles. The molecule has 21 heavy (non-hydrogen) atoms. The molecule has 0 radical (unpaired) electrons. The molecule has 0 fully saturated rings. The quantitative estimate of drug-likeness (QED) is 0.723. The zero-order valence-corrected chi connectivity index (χ0v) is 13.2. The van der Waals surface area contributed by atoms with Crippen molar-refractivity contribution in [2.45, 2.75) is 6.61 Å². The van der Waals surface area contributed by atoms with Gasteiger partial charge in [0.05, 0.1) is 16.6 Å². The van der Waals surface area contributed by atoms with Crippen molar-refractivity contribution in [1.82, 2.24) is 0 Å². The van der Waals surface area contributed by atoms with Crippen molar-refractivity contribution in [1.29, 1.82) is 0 Å². The Morgan fingerprint density at radius 3 is 2.52 bits per heavy atom. The molecule has 0 aliphatic carbocycles. The predicted molar refractivity (Wildman–Crippen MR) is 80.8 cm³/mol. The van der Waals surface area contributed by atoms with Gasteiger partial charge >= 0.3 is 0 Å². The standard InChI is InChI=1S/C15H12FIO4/c1-20-13-7-10(15(18)19)6-12(17)14(13)21-8-9-2-4-11(16)5-3-9/h2-7H,8H2,1H3,(H,18,19)/p-1. The van der Waals surface area contributed by atoms with E-state index >= 15 is 0 Å². The molecule has 0 heterocycles. The van der Waals surface area contributed by atoms with E-state index in [0.29, 0.717) is 15.1 Å². The van der Waals surface area contributed by atoms with Crippen LogP contribution in [0, 0.1) is 9.39 Å². The molecule has 110 valence electrons. The van der Waals surface area contributed by atoms with Gasteiger partial charge in [0.1, 0.15) is 12.4 Å². The SMILES string of the molecule is COc1cc(C(=O)[O-])cc(I)c1OCc1ccc(F)cc1. The van der Waals surface area contributed by atoms with Crippen LogP contribution in [-0.4, -0.2) is 13.1 Å². The summed E-state index contributed by atoms with van der Waals surface area (Å²) in [4.78, 5) is 10.9. The van der Waals surface area contributed by atoms with Crippen molar-refractivity contribution in [2.75, 3.05) is 7.11 Å². The number of carboxylic acid groups (broad SMARTS) is 1. The van der Waals surface area contributed by atoms with Crippen molar-refractivity contribution in [3.05, 3.63) is 56.9 Å². The molecule has 0 aliphatic heterocycles. The van der Waals surface area contributed by atoms with E-state index in [1.807, 2.05) is 22.6 Å². The van der Waals surface area contributed by atoms with Gasteiger partial charge < -0.3 is 19.4 Å². The van der Waals surface area contributed by atoms with Crippen molar-refractivity contribution >= 4 is 28.6 Å². The fraction of sp³-hybridized carbons (Fsp3) is 0.133. The number of methoxy groups -OCH3 is 1. The summed E-state index contributed by atoms with van der Waals surface area (Å²) in [5, 5.41) is 10.9. The highest BCUT2D eigenvalue weighted by molar-refractivity contribution is 14.1. The average molecular weight is 401 g/mol. The van der Waals surface area contributed by atoms with E-state index in [1.165, 1.54) is 31.4 Å². The van der Waals surface area contributed by atoms with Crippen LogP contribution in [0.3, 0.4) is 0 Å².